The fourth-order valence-electron chi connectivity index (χ4n) is 2.22. The molecule has 1 atom stereocenters. The van der Waals surface area contributed by atoms with Crippen LogP contribution in [0.1, 0.15) is 27.2 Å². The van der Waals surface area contributed by atoms with Gasteiger partial charge in [0, 0.05) is 0 Å². The molecule has 2 nitrogen and oxygen atoms in total. The minimum atomic E-state index is -1.55. The Kier molecular flexibility index (Phi) is 6.32. The van der Waals surface area contributed by atoms with Gasteiger partial charge in [0.1, 0.15) is 0 Å². The van der Waals surface area contributed by atoms with Gasteiger partial charge in [-0.25, -0.2) is 0 Å². The summed E-state index contributed by atoms with van der Waals surface area (Å²) in [7, 11) is 2.85. The lowest BCUT2D eigenvalue weighted by Gasteiger charge is -2.43. The molecule has 0 N–H and O–H groups in total. The molecule has 0 spiro atoms. The van der Waals surface area contributed by atoms with E-state index in [-0.39, 0.29) is 0 Å². The Morgan fingerprint density at radius 2 is 1.64 bits per heavy atom. The van der Waals surface area contributed by atoms with Crippen molar-refractivity contribution in [2.24, 2.45) is 0 Å². The van der Waals surface area contributed by atoms with Gasteiger partial charge in [-0.05, 0) is 33.2 Å². The molecule has 1 unspecified atom stereocenters. The number of nitrogens with zero attached hydrogens (tertiary/aromatic N) is 2. The minimum Gasteiger partial charge on any atom is -0.314 e. The zero-order chi connectivity index (χ0) is 11.2. The lowest BCUT2D eigenvalue weighted by molar-refractivity contribution is 0.404. The van der Waals surface area contributed by atoms with Crippen LogP contribution in [0.3, 0.4) is 0 Å². The third-order valence-corrected chi connectivity index (χ3v) is 8.20. The molecule has 0 saturated heterocycles. The molecule has 0 aromatic heterocycles. The second-order valence-corrected chi connectivity index (χ2v) is 8.09. The van der Waals surface area contributed by atoms with Crippen LogP contribution in [-0.4, -0.2) is 44.7 Å². The van der Waals surface area contributed by atoms with Gasteiger partial charge in [0.05, 0.1) is 0 Å². The van der Waals surface area contributed by atoms with Crippen molar-refractivity contribution in [3.05, 3.63) is 12.3 Å². The van der Waals surface area contributed by atoms with E-state index in [2.05, 4.69) is 56.3 Å². The fraction of sp³-hybridized carbons (Fsp3) is 0.818. The minimum absolute atomic E-state index is 1.13. The van der Waals surface area contributed by atoms with Gasteiger partial charge < -0.3 is 9.13 Å². The summed E-state index contributed by atoms with van der Waals surface area (Å²) >= 11 is 0. The molecule has 0 bridgehead atoms. The van der Waals surface area contributed by atoms with Crippen molar-refractivity contribution in [2.75, 3.05) is 27.2 Å². The molecule has 0 rings (SSSR count). The highest BCUT2D eigenvalue weighted by Crippen LogP contribution is 2.20. The summed E-state index contributed by atoms with van der Waals surface area (Å²) in [6.07, 6.45) is 1.24. The Labute approximate surface area is 90.8 Å². The van der Waals surface area contributed by atoms with E-state index in [1.54, 1.807) is 0 Å². The summed E-state index contributed by atoms with van der Waals surface area (Å²) in [5.74, 6) is 0. The summed E-state index contributed by atoms with van der Waals surface area (Å²) in [6, 6.07) is 1.28. The van der Waals surface area contributed by atoms with Crippen LogP contribution in [-0.2, 0) is 0 Å². The molecule has 14 heavy (non-hydrogen) atoms. The van der Waals surface area contributed by atoms with Crippen LogP contribution in [0.4, 0.5) is 0 Å². The Morgan fingerprint density at radius 1 is 1.14 bits per heavy atom. The van der Waals surface area contributed by atoms with E-state index in [0.717, 1.165) is 13.1 Å². The van der Waals surface area contributed by atoms with Gasteiger partial charge in [0.15, 0.2) is 0 Å². The van der Waals surface area contributed by atoms with Crippen molar-refractivity contribution in [2.45, 2.75) is 33.2 Å². The monoisotopic (exact) mass is 214 g/mol. The summed E-state index contributed by atoms with van der Waals surface area (Å²) in [6.45, 7) is 13.1. The van der Waals surface area contributed by atoms with Crippen molar-refractivity contribution in [3.63, 3.8) is 0 Å². The largest absolute Gasteiger partial charge is 0.314 e. The van der Waals surface area contributed by atoms with Crippen LogP contribution in [0.5, 0.6) is 0 Å². The highest BCUT2D eigenvalue weighted by molar-refractivity contribution is 6.79. The quantitative estimate of drug-likeness (QED) is 0.601. The topological polar surface area (TPSA) is 6.48 Å². The Bertz CT molecular complexity index is 167. The van der Waals surface area contributed by atoms with Gasteiger partial charge in [-0.3, -0.25) is 0 Å². The lowest BCUT2D eigenvalue weighted by atomic mass is 10.6. The molecule has 0 aromatic rings. The highest BCUT2D eigenvalue weighted by Gasteiger charge is 2.37. The first kappa shape index (κ1) is 13.9. The van der Waals surface area contributed by atoms with Crippen LogP contribution >= 0.6 is 0 Å². The van der Waals surface area contributed by atoms with Crippen LogP contribution in [0.2, 0.25) is 6.04 Å². The maximum Gasteiger partial charge on any atom is 0.231 e. The SMILES string of the molecule is C=C[Si](CCC)(N(C)C)N(CC)CC. The Hall–Kier alpha value is -0.123. The van der Waals surface area contributed by atoms with E-state index in [0.29, 0.717) is 0 Å². The number of hydrogen-bond acceptors (Lipinski definition) is 2. The van der Waals surface area contributed by atoms with Crippen molar-refractivity contribution >= 4 is 8.40 Å². The van der Waals surface area contributed by atoms with Gasteiger partial charge in [0.25, 0.3) is 0 Å². The van der Waals surface area contributed by atoms with Gasteiger partial charge in [0.2, 0.25) is 8.40 Å². The fourth-order valence-corrected chi connectivity index (χ4v) is 6.21. The molecule has 0 fully saturated rings. The first-order valence-electron chi connectivity index (χ1n) is 5.65. The third-order valence-electron chi connectivity index (χ3n) is 3.03. The average molecular weight is 214 g/mol. The zero-order valence-electron chi connectivity index (χ0n) is 10.5. The van der Waals surface area contributed by atoms with Gasteiger partial charge >= 0.3 is 0 Å². The zero-order valence-corrected chi connectivity index (χ0v) is 11.5. The maximum absolute atomic E-state index is 4.07. The first-order valence-corrected chi connectivity index (χ1v) is 7.82. The second-order valence-electron chi connectivity index (χ2n) is 3.90. The van der Waals surface area contributed by atoms with Crippen LogP contribution < -0.4 is 0 Å². The lowest BCUT2D eigenvalue weighted by Crippen LogP contribution is -2.62. The third kappa shape index (κ3) is 2.68. The molecule has 0 aromatic carbocycles. The van der Waals surface area contributed by atoms with Gasteiger partial charge in [-0.2, -0.15) is 0 Å². The first-order chi connectivity index (χ1) is 6.58. The molecule has 0 heterocycles. The Morgan fingerprint density at radius 3 is 1.86 bits per heavy atom. The van der Waals surface area contributed by atoms with E-state index >= 15 is 0 Å². The van der Waals surface area contributed by atoms with Crippen molar-refractivity contribution < 1.29 is 0 Å². The van der Waals surface area contributed by atoms with Crippen LogP contribution in [0.15, 0.2) is 12.3 Å². The average Bonchev–Trinajstić information content (AvgIpc) is 2.17. The standard InChI is InChI=1S/C11H26N2Si/c1-7-11-14(10-4,12(5)6)13(8-2)9-3/h10H,4,7-9,11H2,1-3,5-6H3. The predicted octanol–water partition coefficient (Wildman–Crippen LogP) is 2.47. The molecule has 0 aliphatic carbocycles. The molecule has 0 saturated carbocycles. The molecular formula is C11H26N2Si. The molecule has 0 aliphatic rings. The van der Waals surface area contributed by atoms with Crippen LogP contribution in [0, 0.1) is 0 Å². The summed E-state index contributed by atoms with van der Waals surface area (Å²) in [5, 5.41) is 0. The summed E-state index contributed by atoms with van der Waals surface area (Å²) in [5.41, 5.74) is 2.23. The van der Waals surface area contributed by atoms with Crippen molar-refractivity contribution in [1.82, 2.24) is 9.13 Å². The van der Waals surface area contributed by atoms with E-state index in [9.17, 15) is 0 Å². The molecular weight excluding hydrogens is 188 g/mol. The van der Waals surface area contributed by atoms with E-state index in [1.165, 1.54) is 12.5 Å². The van der Waals surface area contributed by atoms with Crippen molar-refractivity contribution in [3.8, 4) is 0 Å². The molecule has 0 aliphatic heterocycles. The molecule has 84 valence electrons. The highest BCUT2D eigenvalue weighted by atomic mass is 28.3. The van der Waals surface area contributed by atoms with E-state index in [1.807, 2.05) is 0 Å². The van der Waals surface area contributed by atoms with Crippen molar-refractivity contribution in [1.29, 1.82) is 0 Å². The van der Waals surface area contributed by atoms with E-state index < -0.39 is 8.40 Å². The summed E-state index contributed by atoms with van der Waals surface area (Å²) in [4.78, 5) is 0. The predicted molar refractivity (Wildman–Crippen MR) is 67.7 cm³/mol. The smallest absolute Gasteiger partial charge is 0.231 e. The van der Waals surface area contributed by atoms with E-state index in [4.69, 9.17) is 0 Å². The normalized spacial score (nSPS) is 15.9. The second kappa shape index (κ2) is 6.38. The van der Waals surface area contributed by atoms with Crippen LogP contribution in [0.25, 0.3) is 0 Å². The molecule has 3 heteroatoms. The molecule has 0 amide bonds. The number of rotatable bonds is 7. The van der Waals surface area contributed by atoms with Gasteiger partial charge in [-0.1, -0.05) is 32.9 Å². The van der Waals surface area contributed by atoms with Gasteiger partial charge in [-0.15, -0.1) is 6.58 Å². The molecule has 0 radical (unpaired) electrons. The summed E-state index contributed by atoms with van der Waals surface area (Å²) < 4.78 is 5.01. The Balaban J connectivity index is 4.89. The number of hydrogen-bond donors (Lipinski definition) is 0. The maximum atomic E-state index is 4.07.